The van der Waals surface area contributed by atoms with Crippen molar-refractivity contribution in [3.05, 3.63) is 30.3 Å². The fourth-order valence-corrected chi connectivity index (χ4v) is 1.81. The molecule has 1 aromatic rings. The molecule has 0 bridgehead atoms. The summed E-state index contributed by atoms with van der Waals surface area (Å²) in [5.74, 6) is -0.0378. The standard InChI is InChI=1S/C15H24N2O2/c1-4-19-13(2)15(18)16-11-8-12-17(3)14-9-6-5-7-10-14/h5-7,9-10,13H,4,8,11-12H2,1-3H3,(H,16,18)/t13-/m1/s1. The zero-order chi connectivity index (χ0) is 14.1. The summed E-state index contributed by atoms with van der Waals surface area (Å²) >= 11 is 0. The van der Waals surface area contributed by atoms with E-state index in [9.17, 15) is 4.79 Å². The van der Waals surface area contributed by atoms with Crippen LogP contribution in [0.2, 0.25) is 0 Å². The Hall–Kier alpha value is -1.55. The van der Waals surface area contributed by atoms with Crippen LogP contribution in [-0.4, -0.2) is 38.8 Å². The number of para-hydroxylation sites is 1. The zero-order valence-corrected chi connectivity index (χ0v) is 12.1. The molecule has 0 aliphatic heterocycles. The third-order valence-electron chi connectivity index (χ3n) is 2.95. The molecule has 0 radical (unpaired) electrons. The van der Waals surface area contributed by atoms with E-state index in [1.54, 1.807) is 6.92 Å². The Bertz CT molecular complexity index is 368. The number of benzene rings is 1. The average molecular weight is 264 g/mol. The molecule has 4 nitrogen and oxygen atoms in total. The molecule has 0 saturated heterocycles. The second-order valence-electron chi connectivity index (χ2n) is 4.50. The van der Waals surface area contributed by atoms with Crippen molar-refractivity contribution in [2.45, 2.75) is 26.4 Å². The van der Waals surface area contributed by atoms with Gasteiger partial charge < -0.3 is 15.0 Å². The van der Waals surface area contributed by atoms with Crippen LogP contribution in [0.25, 0.3) is 0 Å². The largest absolute Gasteiger partial charge is 0.375 e. The van der Waals surface area contributed by atoms with Crippen molar-refractivity contribution in [3.63, 3.8) is 0 Å². The van der Waals surface area contributed by atoms with Crippen molar-refractivity contribution in [2.75, 3.05) is 31.6 Å². The van der Waals surface area contributed by atoms with Gasteiger partial charge in [-0.25, -0.2) is 0 Å². The first-order chi connectivity index (χ1) is 9.15. The molecule has 1 rings (SSSR count). The van der Waals surface area contributed by atoms with E-state index in [2.05, 4.69) is 29.4 Å². The predicted octanol–water partition coefficient (Wildman–Crippen LogP) is 2.05. The van der Waals surface area contributed by atoms with Crippen molar-refractivity contribution < 1.29 is 9.53 Å². The van der Waals surface area contributed by atoms with Crippen LogP contribution in [0.15, 0.2) is 30.3 Å². The summed E-state index contributed by atoms with van der Waals surface area (Å²) in [6.07, 6.45) is 0.549. The Morgan fingerprint density at radius 2 is 2.05 bits per heavy atom. The summed E-state index contributed by atoms with van der Waals surface area (Å²) in [6, 6.07) is 10.2. The third kappa shape index (κ3) is 5.75. The summed E-state index contributed by atoms with van der Waals surface area (Å²) in [5, 5.41) is 2.88. The van der Waals surface area contributed by atoms with Crippen molar-refractivity contribution in [3.8, 4) is 0 Å². The minimum absolute atomic E-state index is 0.0378. The maximum atomic E-state index is 11.6. The minimum Gasteiger partial charge on any atom is -0.375 e. The molecule has 0 spiro atoms. The first-order valence-corrected chi connectivity index (χ1v) is 6.80. The van der Waals surface area contributed by atoms with Gasteiger partial charge in [0.2, 0.25) is 5.91 Å². The molecule has 0 aliphatic rings. The molecule has 106 valence electrons. The van der Waals surface area contributed by atoms with E-state index in [0.717, 1.165) is 13.0 Å². The van der Waals surface area contributed by atoms with Gasteiger partial charge in [-0.15, -0.1) is 0 Å². The lowest BCUT2D eigenvalue weighted by Gasteiger charge is -2.19. The summed E-state index contributed by atoms with van der Waals surface area (Å²) in [6.45, 7) is 5.81. The maximum Gasteiger partial charge on any atom is 0.248 e. The van der Waals surface area contributed by atoms with E-state index >= 15 is 0 Å². The normalized spacial score (nSPS) is 11.9. The lowest BCUT2D eigenvalue weighted by Crippen LogP contribution is -2.36. The number of hydrogen-bond acceptors (Lipinski definition) is 3. The second-order valence-corrected chi connectivity index (χ2v) is 4.50. The maximum absolute atomic E-state index is 11.6. The molecular weight excluding hydrogens is 240 g/mol. The molecule has 19 heavy (non-hydrogen) atoms. The van der Waals surface area contributed by atoms with Gasteiger partial charge in [0, 0.05) is 32.4 Å². The summed E-state index contributed by atoms with van der Waals surface area (Å²) in [5.41, 5.74) is 1.19. The Morgan fingerprint density at radius 1 is 1.37 bits per heavy atom. The molecule has 0 saturated carbocycles. The highest BCUT2D eigenvalue weighted by Gasteiger charge is 2.11. The number of carbonyl (C=O) groups is 1. The van der Waals surface area contributed by atoms with Crippen LogP contribution < -0.4 is 10.2 Å². The van der Waals surface area contributed by atoms with Crippen molar-refractivity contribution in [2.24, 2.45) is 0 Å². The Morgan fingerprint density at radius 3 is 2.68 bits per heavy atom. The second kappa shape index (κ2) is 8.53. The average Bonchev–Trinajstić information content (AvgIpc) is 2.44. The van der Waals surface area contributed by atoms with E-state index in [-0.39, 0.29) is 12.0 Å². The molecule has 1 N–H and O–H groups in total. The molecule has 0 aliphatic carbocycles. The van der Waals surface area contributed by atoms with Gasteiger partial charge in [0.1, 0.15) is 6.10 Å². The van der Waals surface area contributed by atoms with Crippen LogP contribution in [0, 0.1) is 0 Å². The number of nitrogens with one attached hydrogen (secondary N) is 1. The van der Waals surface area contributed by atoms with Gasteiger partial charge in [-0.1, -0.05) is 18.2 Å². The van der Waals surface area contributed by atoms with E-state index < -0.39 is 0 Å². The third-order valence-corrected chi connectivity index (χ3v) is 2.95. The number of nitrogens with zero attached hydrogens (tertiary/aromatic N) is 1. The Balaban J connectivity index is 2.19. The first kappa shape index (κ1) is 15.5. The predicted molar refractivity (Wildman–Crippen MR) is 78.4 cm³/mol. The van der Waals surface area contributed by atoms with E-state index in [4.69, 9.17) is 4.74 Å². The van der Waals surface area contributed by atoms with Crippen LogP contribution >= 0.6 is 0 Å². The number of rotatable bonds is 8. The number of hydrogen-bond donors (Lipinski definition) is 1. The number of carbonyl (C=O) groups excluding carboxylic acids is 1. The monoisotopic (exact) mass is 264 g/mol. The van der Waals surface area contributed by atoms with Gasteiger partial charge in [0.25, 0.3) is 0 Å². The van der Waals surface area contributed by atoms with Crippen molar-refractivity contribution in [1.29, 1.82) is 0 Å². The fraction of sp³-hybridized carbons (Fsp3) is 0.533. The van der Waals surface area contributed by atoms with Gasteiger partial charge >= 0.3 is 0 Å². The summed E-state index contributed by atoms with van der Waals surface area (Å²) < 4.78 is 5.23. The highest BCUT2D eigenvalue weighted by Crippen LogP contribution is 2.10. The lowest BCUT2D eigenvalue weighted by molar-refractivity contribution is -0.131. The number of amides is 1. The Labute approximate surface area is 115 Å². The van der Waals surface area contributed by atoms with Gasteiger partial charge in [-0.05, 0) is 32.4 Å². The highest BCUT2D eigenvalue weighted by atomic mass is 16.5. The quantitative estimate of drug-likeness (QED) is 0.731. The molecule has 0 aromatic heterocycles. The Kier molecular flexibility index (Phi) is 6.97. The van der Waals surface area contributed by atoms with Crippen LogP contribution in [0.3, 0.4) is 0 Å². The molecule has 0 heterocycles. The van der Waals surface area contributed by atoms with Crippen LogP contribution in [0.5, 0.6) is 0 Å². The SMILES string of the molecule is CCO[C@H](C)C(=O)NCCCN(C)c1ccccc1. The van der Waals surface area contributed by atoms with E-state index in [1.807, 2.05) is 25.1 Å². The van der Waals surface area contributed by atoms with Gasteiger partial charge in [-0.2, -0.15) is 0 Å². The van der Waals surface area contributed by atoms with E-state index in [0.29, 0.717) is 13.2 Å². The summed E-state index contributed by atoms with van der Waals surface area (Å²) in [7, 11) is 2.06. The van der Waals surface area contributed by atoms with Crippen LogP contribution in [-0.2, 0) is 9.53 Å². The minimum atomic E-state index is -0.364. The molecule has 1 amide bonds. The number of anilines is 1. The van der Waals surface area contributed by atoms with Crippen LogP contribution in [0.4, 0.5) is 5.69 Å². The fourth-order valence-electron chi connectivity index (χ4n) is 1.81. The van der Waals surface area contributed by atoms with Crippen molar-refractivity contribution >= 4 is 11.6 Å². The topological polar surface area (TPSA) is 41.6 Å². The molecule has 4 heteroatoms. The first-order valence-electron chi connectivity index (χ1n) is 6.80. The van der Waals surface area contributed by atoms with Gasteiger partial charge in [-0.3, -0.25) is 4.79 Å². The highest BCUT2D eigenvalue weighted by molar-refractivity contribution is 5.80. The molecular formula is C15H24N2O2. The van der Waals surface area contributed by atoms with Gasteiger partial charge in [0.15, 0.2) is 0 Å². The molecule has 1 atom stereocenters. The van der Waals surface area contributed by atoms with E-state index in [1.165, 1.54) is 5.69 Å². The summed E-state index contributed by atoms with van der Waals surface area (Å²) in [4.78, 5) is 13.8. The number of ether oxygens (including phenoxy) is 1. The smallest absolute Gasteiger partial charge is 0.248 e. The van der Waals surface area contributed by atoms with Crippen molar-refractivity contribution in [1.82, 2.24) is 5.32 Å². The molecule has 0 fully saturated rings. The molecule has 1 aromatic carbocycles. The van der Waals surface area contributed by atoms with Gasteiger partial charge in [0.05, 0.1) is 0 Å². The lowest BCUT2D eigenvalue weighted by atomic mass is 10.3. The van der Waals surface area contributed by atoms with Crippen LogP contribution in [0.1, 0.15) is 20.3 Å². The zero-order valence-electron chi connectivity index (χ0n) is 12.1. The molecule has 0 unspecified atom stereocenters.